The summed E-state index contributed by atoms with van der Waals surface area (Å²) in [6.07, 6.45) is 4.13. The van der Waals surface area contributed by atoms with Crippen molar-refractivity contribution >= 4 is 29.4 Å². The lowest BCUT2D eigenvalue weighted by molar-refractivity contribution is -0.932. The second kappa shape index (κ2) is 9.04. The first-order valence-corrected chi connectivity index (χ1v) is 10.6. The van der Waals surface area contributed by atoms with Gasteiger partial charge >= 0.3 is 0 Å². The molecule has 0 radical (unpaired) electrons. The normalized spacial score (nSPS) is 17.8. The molecule has 2 aromatic rings. The Bertz CT molecular complexity index is 768. The van der Waals surface area contributed by atoms with Gasteiger partial charge < -0.3 is 15.1 Å². The minimum Gasteiger partial charge on any atom is -0.327 e. The number of carbonyl (C=O) groups is 1. The van der Waals surface area contributed by atoms with Crippen LogP contribution in [0.2, 0.25) is 0 Å². The number of fused-ring (bicyclic) bond motifs is 1. The van der Waals surface area contributed by atoms with E-state index in [1.165, 1.54) is 12.8 Å². The molecule has 0 unspecified atom stereocenters. The van der Waals surface area contributed by atoms with E-state index < -0.39 is 0 Å². The SMILES string of the molecule is CCCC[N+]1(C[C@@H](N)CS)CCN(C(=O)c2cccc3cccnc23)CC1. The third-order valence-electron chi connectivity index (χ3n) is 5.68. The number of rotatable bonds is 7. The minimum atomic E-state index is 0.0890. The maximum Gasteiger partial charge on any atom is 0.256 e. The molecule has 0 spiro atoms. The summed E-state index contributed by atoms with van der Waals surface area (Å²) in [6, 6.07) is 9.84. The lowest BCUT2D eigenvalue weighted by Gasteiger charge is -2.46. The average molecular weight is 388 g/mol. The number of quaternary nitrogens is 1. The number of unbranched alkanes of at least 4 members (excludes halogenated alkanes) is 1. The molecule has 2 N–H and O–H groups in total. The van der Waals surface area contributed by atoms with E-state index >= 15 is 0 Å². The highest BCUT2D eigenvalue weighted by Crippen LogP contribution is 2.21. The lowest BCUT2D eigenvalue weighted by Crippen LogP contribution is -2.64. The molecule has 1 aliphatic heterocycles. The monoisotopic (exact) mass is 387 g/mol. The number of carbonyl (C=O) groups excluding carboxylic acids is 1. The van der Waals surface area contributed by atoms with Gasteiger partial charge in [-0.05, 0) is 18.6 Å². The average Bonchev–Trinajstić information content (AvgIpc) is 2.72. The molecule has 0 saturated carbocycles. The fourth-order valence-corrected chi connectivity index (χ4v) is 4.20. The van der Waals surface area contributed by atoms with Crippen molar-refractivity contribution in [1.82, 2.24) is 9.88 Å². The van der Waals surface area contributed by atoms with Crippen LogP contribution in [0.5, 0.6) is 0 Å². The molecular formula is C21H31N4OS+. The largest absolute Gasteiger partial charge is 0.327 e. The summed E-state index contributed by atoms with van der Waals surface area (Å²) in [7, 11) is 0. The van der Waals surface area contributed by atoms with Crippen LogP contribution in [-0.2, 0) is 0 Å². The molecule has 3 rings (SSSR count). The summed E-state index contributed by atoms with van der Waals surface area (Å²) in [6.45, 7) is 7.77. The maximum atomic E-state index is 13.2. The Morgan fingerprint density at radius 3 is 2.74 bits per heavy atom. The molecule has 1 atom stereocenters. The van der Waals surface area contributed by atoms with Gasteiger partial charge in [0.2, 0.25) is 0 Å². The van der Waals surface area contributed by atoms with Crippen LogP contribution in [0.4, 0.5) is 0 Å². The van der Waals surface area contributed by atoms with Crippen LogP contribution in [0.1, 0.15) is 30.1 Å². The molecule has 1 fully saturated rings. The third kappa shape index (κ3) is 4.62. The van der Waals surface area contributed by atoms with E-state index in [2.05, 4.69) is 24.5 Å². The number of pyridine rings is 1. The predicted octanol–water partition coefficient (Wildman–Crippen LogP) is 2.56. The zero-order valence-corrected chi connectivity index (χ0v) is 17.1. The number of thiol groups is 1. The highest BCUT2D eigenvalue weighted by molar-refractivity contribution is 7.80. The number of benzene rings is 1. The summed E-state index contributed by atoms with van der Waals surface area (Å²) in [5.41, 5.74) is 7.72. The second-order valence-electron chi connectivity index (χ2n) is 7.66. The number of aromatic nitrogens is 1. The molecule has 1 saturated heterocycles. The Balaban J connectivity index is 1.74. The van der Waals surface area contributed by atoms with Crippen molar-refractivity contribution in [2.45, 2.75) is 25.8 Å². The number of piperazine rings is 1. The highest BCUT2D eigenvalue weighted by atomic mass is 32.1. The molecule has 5 nitrogen and oxygen atoms in total. The van der Waals surface area contributed by atoms with E-state index in [-0.39, 0.29) is 11.9 Å². The Morgan fingerprint density at radius 1 is 1.30 bits per heavy atom. The molecule has 1 aliphatic rings. The smallest absolute Gasteiger partial charge is 0.256 e. The van der Waals surface area contributed by atoms with Gasteiger partial charge in [-0.15, -0.1) is 0 Å². The summed E-state index contributed by atoms with van der Waals surface area (Å²) in [4.78, 5) is 19.6. The molecule has 2 heterocycles. The quantitative estimate of drug-likeness (QED) is 0.567. The fraction of sp³-hybridized carbons (Fsp3) is 0.524. The van der Waals surface area contributed by atoms with Crippen LogP contribution in [0.3, 0.4) is 0 Å². The minimum absolute atomic E-state index is 0.0890. The van der Waals surface area contributed by atoms with Crippen molar-refractivity contribution in [3.8, 4) is 0 Å². The van der Waals surface area contributed by atoms with E-state index in [9.17, 15) is 4.79 Å². The van der Waals surface area contributed by atoms with Crippen molar-refractivity contribution in [3.05, 3.63) is 42.1 Å². The zero-order chi connectivity index (χ0) is 19.3. The van der Waals surface area contributed by atoms with E-state index in [1.54, 1.807) is 6.20 Å². The maximum absolute atomic E-state index is 13.2. The summed E-state index contributed by atoms with van der Waals surface area (Å²) >= 11 is 4.37. The van der Waals surface area contributed by atoms with E-state index in [0.29, 0.717) is 11.3 Å². The Labute approximate surface area is 167 Å². The third-order valence-corrected chi connectivity index (χ3v) is 6.15. The Kier molecular flexibility index (Phi) is 6.73. The van der Waals surface area contributed by atoms with Crippen LogP contribution in [0, 0.1) is 0 Å². The topological polar surface area (TPSA) is 59.2 Å². The van der Waals surface area contributed by atoms with Gasteiger partial charge in [-0.2, -0.15) is 12.6 Å². The number of amides is 1. The molecule has 1 aromatic carbocycles. The highest BCUT2D eigenvalue weighted by Gasteiger charge is 2.35. The van der Waals surface area contributed by atoms with Crippen molar-refractivity contribution in [2.24, 2.45) is 5.73 Å². The van der Waals surface area contributed by atoms with Crippen molar-refractivity contribution in [1.29, 1.82) is 0 Å². The number of para-hydroxylation sites is 1. The van der Waals surface area contributed by atoms with Gasteiger partial charge in [0, 0.05) is 17.3 Å². The molecule has 0 bridgehead atoms. The molecule has 1 amide bonds. The summed E-state index contributed by atoms with van der Waals surface area (Å²) < 4.78 is 1.01. The predicted molar refractivity (Wildman–Crippen MR) is 114 cm³/mol. The summed E-state index contributed by atoms with van der Waals surface area (Å²) in [5, 5.41) is 1.01. The van der Waals surface area contributed by atoms with Crippen LogP contribution in [-0.4, -0.2) is 71.3 Å². The van der Waals surface area contributed by atoms with Gasteiger partial charge in [-0.25, -0.2) is 0 Å². The summed E-state index contributed by atoms with van der Waals surface area (Å²) in [5.74, 6) is 0.794. The molecular weight excluding hydrogens is 356 g/mol. The molecule has 146 valence electrons. The first-order valence-electron chi connectivity index (χ1n) is 9.93. The van der Waals surface area contributed by atoms with Crippen LogP contribution in [0.25, 0.3) is 10.9 Å². The van der Waals surface area contributed by atoms with Crippen LogP contribution < -0.4 is 5.73 Å². The van der Waals surface area contributed by atoms with Gasteiger partial charge in [0.1, 0.15) is 0 Å². The Hall–Kier alpha value is -1.63. The molecule has 27 heavy (non-hydrogen) atoms. The number of hydrogen-bond acceptors (Lipinski definition) is 4. The van der Waals surface area contributed by atoms with E-state index in [0.717, 1.165) is 54.7 Å². The van der Waals surface area contributed by atoms with Crippen molar-refractivity contribution in [2.75, 3.05) is 45.0 Å². The van der Waals surface area contributed by atoms with Crippen LogP contribution >= 0.6 is 12.6 Å². The second-order valence-corrected chi connectivity index (χ2v) is 8.03. The standard InChI is InChI=1S/C21H30N4OS/c1-2-3-12-25(15-18(22)16-27)13-10-24(11-14-25)21(26)19-8-4-6-17-7-5-9-23-20(17)19/h4-9,18H,2-3,10-16,22H2,1H3/p+1/t18-/m1/s1. The van der Waals surface area contributed by atoms with Gasteiger partial charge in [-0.1, -0.05) is 31.5 Å². The fourth-order valence-electron chi connectivity index (χ4n) is 4.09. The van der Waals surface area contributed by atoms with Crippen LogP contribution in [0.15, 0.2) is 36.5 Å². The molecule has 6 heteroatoms. The van der Waals surface area contributed by atoms with E-state index in [4.69, 9.17) is 5.73 Å². The van der Waals surface area contributed by atoms with Crippen molar-refractivity contribution in [3.63, 3.8) is 0 Å². The number of nitrogens with two attached hydrogens (primary N) is 1. The first kappa shape index (κ1) is 20.1. The molecule has 0 aliphatic carbocycles. The number of hydrogen-bond donors (Lipinski definition) is 2. The van der Waals surface area contributed by atoms with Gasteiger partial charge in [0.25, 0.3) is 5.91 Å². The lowest BCUT2D eigenvalue weighted by atomic mass is 10.1. The Morgan fingerprint density at radius 2 is 2.04 bits per heavy atom. The van der Waals surface area contributed by atoms with Crippen molar-refractivity contribution < 1.29 is 9.28 Å². The zero-order valence-electron chi connectivity index (χ0n) is 16.2. The van der Waals surface area contributed by atoms with Gasteiger partial charge in [-0.3, -0.25) is 9.78 Å². The first-order chi connectivity index (χ1) is 13.1. The van der Waals surface area contributed by atoms with Gasteiger partial charge in [0.15, 0.2) is 0 Å². The number of nitrogens with zero attached hydrogens (tertiary/aromatic N) is 3. The molecule has 1 aromatic heterocycles. The van der Waals surface area contributed by atoms with Gasteiger partial charge in [0.05, 0.1) is 56.4 Å². The van der Waals surface area contributed by atoms with E-state index in [1.807, 2.05) is 35.2 Å².